The summed E-state index contributed by atoms with van der Waals surface area (Å²) in [5.41, 5.74) is 1.01. The number of carbonyl (C=O) groups is 1. The number of ether oxygens (including phenoxy) is 2. The van der Waals surface area contributed by atoms with Crippen LogP contribution in [0, 0.1) is 0 Å². The van der Waals surface area contributed by atoms with E-state index < -0.39 is 0 Å². The van der Waals surface area contributed by atoms with E-state index >= 15 is 0 Å². The highest BCUT2D eigenvalue weighted by atomic mass is 32.2. The Morgan fingerprint density at radius 3 is 2.70 bits per heavy atom. The number of amides is 1. The van der Waals surface area contributed by atoms with Gasteiger partial charge in [0.15, 0.2) is 11.5 Å². The number of thiazole rings is 1. The Morgan fingerprint density at radius 2 is 2.09 bits per heavy atom. The van der Waals surface area contributed by atoms with Crippen LogP contribution in [0.5, 0.6) is 11.5 Å². The summed E-state index contributed by atoms with van der Waals surface area (Å²) < 4.78 is 11.5. The van der Waals surface area contributed by atoms with Crippen LogP contribution in [0.25, 0.3) is 0 Å². The lowest BCUT2D eigenvalue weighted by atomic mass is 10.2. The summed E-state index contributed by atoms with van der Waals surface area (Å²) in [5, 5.41) is 1.91. The third-order valence-corrected chi connectivity index (χ3v) is 5.24. The van der Waals surface area contributed by atoms with Crippen molar-refractivity contribution in [2.45, 2.75) is 17.8 Å². The van der Waals surface area contributed by atoms with Gasteiger partial charge < -0.3 is 14.4 Å². The van der Waals surface area contributed by atoms with Gasteiger partial charge in [0.05, 0.1) is 20.0 Å². The third kappa shape index (κ3) is 4.87. The van der Waals surface area contributed by atoms with Crippen LogP contribution in [0.2, 0.25) is 0 Å². The first-order chi connectivity index (χ1) is 11.2. The lowest BCUT2D eigenvalue weighted by molar-refractivity contribution is -0.128. The second kappa shape index (κ2) is 8.79. The minimum atomic E-state index is 0.0995. The average Bonchev–Trinajstić information content (AvgIpc) is 3.10. The second-order valence-corrected chi connectivity index (χ2v) is 6.80. The fourth-order valence-electron chi connectivity index (χ4n) is 2.07. The van der Waals surface area contributed by atoms with Crippen LogP contribution in [-0.4, -0.2) is 42.3 Å². The minimum Gasteiger partial charge on any atom is -0.493 e. The van der Waals surface area contributed by atoms with Gasteiger partial charge in [-0.15, -0.1) is 11.3 Å². The maximum atomic E-state index is 12.4. The molecule has 1 aromatic carbocycles. The first-order valence-electron chi connectivity index (χ1n) is 7.18. The summed E-state index contributed by atoms with van der Waals surface area (Å²) in [5.74, 6) is 1.85. The van der Waals surface area contributed by atoms with Crippen LogP contribution in [0.15, 0.2) is 34.1 Å². The number of aromatic nitrogens is 1. The summed E-state index contributed by atoms with van der Waals surface area (Å²) in [6.07, 6.45) is 1.75. The van der Waals surface area contributed by atoms with Crippen LogP contribution >= 0.6 is 23.1 Å². The third-order valence-electron chi connectivity index (χ3n) is 3.28. The molecule has 1 heterocycles. The van der Waals surface area contributed by atoms with Gasteiger partial charge in [0, 0.05) is 24.7 Å². The normalized spacial score (nSPS) is 10.4. The molecule has 23 heavy (non-hydrogen) atoms. The number of hydrogen-bond acceptors (Lipinski definition) is 6. The maximum absolute atomic E-state index is 12.4. The van der Waals surface area contributed by atoms with Gasteiger partial charge in [-0.25, -0.2) is 4.98 Å². The van der Waals surface area contributed by atoms with Crippen molar-refractivity contribution in [3.8, 4) is 11.5 Å². The number of hydrogen-bond donors (Lipinski definition) is 0. The fraction of sp³-hybridized carbons (Fsp3) is 0.375. The van der Waals surface area contributed by atoms with Gasteiger partial charge in [-0.3, -0.25) is 4.79 Å². The van der Waals surface area contributed by atoms with E-state index in [-0.39, 0.29) is 5.91 Å². The highest BCUT2D eigenvalue weighted by molar-refractivity contribution is 8.01. The first kappa shape index (κ1) is 17.6. The standard InChI is InChI=1S/C16H20N2O3S2/c1-4-18(15(19)11-23-16-17-7-8-22-16)10-12-5-6-13(20-2)14(9-12)21-3/h5-9H,4,10-11H2,1-3H3. The van der Waals surface area contributed by atoms with Crippen molar-refractivity contribution in [1.29, 1.82) is 0 Å². The van der Waals surface area contributed by atoms with Crippen molar-refractivity contribution in [3.63, 3.8) is 0 Å². The number of carbonyl (C=O) groups excluding carboxylic acids is 1. The molecule has 0 aliphatic carbocycles. The summed E-state index contributed by atoms with van der Waals surface area (Å²) in [4.78, 5) is 18.4. The highest BCUT2D eigenvalue weighted by Crippen LogP contribution is 2.28. The molecular weight excluding hydrogens is 332 g/mol. The topological polar surface area (TPSA) is 51.7 Å². The molecule has 7 heteroatoms. The first-order valence-corrected chi connectivity index (χ1v) is 9.05. The SMILES string of the molecule is CCN(Cc1ccc(OC)c(OC)c1)C(=O)CSc1nccs1. The van der Waals surface area contributed by atoms with Crippen LogP contribution < -0.4 is 9.47 Å². The molecule has 0 aliphatic heterocycles. The molecule has 0 bridgehead atoms. The van der Waals surface area contributed by atoms with E-state index in [0.29, 0.717) is 30.3 Å². The number of benzene rings is 1. The zero-order chi connectivity index (χ0) is 16.7. The van der Waals surface area contributed by atoms with E-state index in [4.69, 9.17) is 9.47 Å². The van der Waals surface area contributed by atoms with Crippen molar-refractivity contribution in [2.24, 2.45) is 0 Å². The number of thioether (sulfide) groups is 1. The van der Waals surface area contributed by atoms with Gasteiger partial charge in [-0.05, 0) is 24.6 Å². The van der Waals surface area contributed by atoms with Crippen LogP contribution in [-0.2, 0) is 11.3 Å². The molecule has 0 spiro atoms. The number of nitrogens with zero attached hydrogens (tertiary/aromatic N) is 2. The van der Waals surface area contributed by atoms with Gasteiger partial charge in [0.1, 0.15) is 4.34 Å². The predicted molar refractivity (Wildman–Crippen MR) is 93.5 cm³/mol. The van der Waals surface area contributed by atoms with E-state index in [9.17, 15) is 4.79 Å². The molecule has 124 valence electrons. The van der Waals surface area contributed by atoms with Crippen LogP contribution in [0.1, 0.15) is 12.5 Å². The second-order valence-electron chi connectivity index (χ2n) is 4.68. The van der Waals surface area contributed by atoms with E-state index in [1.807, 2.05) is 35.4 Å². The molecule has 0 saturated carbocycles. The lowest BCUT2D eigenvalue weighted by Gasteiger charge is -2.21. The Morgan fingerprint density at radius 1 is 1.30 bits per heavy atom. The molecule has 0 atom stereocenters. The molecule has 0 aliphatic rings. The zero-order valence-electron chi connectivity index (χ0n) is 13.4. The summed E-state index contributed by atoms with van der Waals surface area (Å²) in [7, 11) is 3.21. The molecule has 1 aromatic heterocycles. The monoisotopic (exact) mass is 352 g/mol. The van der Waals surface area contributed by atoms with E-state index in [0.717, 1.165) is 9.90 Å². The van der Waals surface area contributed by atoms with E-state index in [1.165, 1.54) is 11.8 Å². The van der Waals surface area contributed by atoms with Gasteiger partial charge in [0.25, 0.3) is 0 Å². The molecule has 2 rings (SSSR count). The molecule has 0 fully saturated rings. The molecule has 0 N–H and O–H groups in total. The molecule has 1 amide bonds. The summed E-state index contributed by atoms with van der Waals surface area (Å²) in [6.45, 7) is 3.19. The Labute approximate surface area is 144 Å². The quantitative estimate of drug-likeness (QED) is 0.682. The van der Waals surface area contributed by atoms with Crippen molar-refractivity contribution in [2.75, 3.05) is 26.5 Å². The predicted octanol–water partition coefficient (Wildman–Crippen LogP) is 3.30. The average molecular weight is 352 g/mol. The Kier molecular flexibility index (Phi) is 6.73. The molecule has 0 radical (unpaired) electrons. The Bertz CT molecular complexity index is 632. The Hall–Kier alpha value is -1.73. The van der Waals surface area contributed by atoms with E-state index in [2.05, 4.69) is 4.98 Å². The molecule has 5 nitrogen and oxygen atoms in total. The maximum Gasteiger partial charge on any atom is 0.233 e. The van der Waals surface area contributed by atoms with Crippen LogP contribution in [0.3, 0.4) is 0 Å². The van der Waals surface area contributed by atoms with Gasteiger partial charge in [0.2, 0.25) is 5.91 Å². The molecular formula is C16H20N2O3S2. The Balaban J connectivity index is 1.99. The van der Waals surface area contributed by atoms with Crippen molar-refractivity contribution in [3.05, 3.63) is 35.3 Å². The fourth-order valence-corrected chi connectivity index (χ4v) is 3.61. The number of methoxy groups -OCH3 is 2. The lowest BCUT2D eigenvalue weighted by Crippen LogP contribution is -2.31. The summed E-state index contributed by atoms with van der Waals surface area (Å²) >= 11 is 3.02. The van der Waals surface area contributed by atoms with Crippen LogP contribution in [0.4, 0.5) is 0 Å². The molecule has 2 aromatic rings. The van der Waals surface area contributed by atoms with Gasteiger partial charge >= 0.3 is 0 Å². The van der Waals surface area contributed by atoms with Crippen molar-refractivity contribution >= 4 is 29.0 Å². The minimum absolute atomic E-state index is 0.0995. The zero-order valence-corrected chi connectivity index (χ0v) is 15.1. The molecule has 0 saturated heterocycles. The van der Waals surface area contributed by atoms with Crippen molar-refractivity contribution < 1.29 is 14.3 Å². The summed E-state index contributed by atoms with van der Waals surface area (Å²) in [6, 6.07) is 5.71. The smallest absolute Gasteiger partial charge is 0.233 e. The van der Waals surface area contributed by atoms with Crippen molar-refractivity contribution in [1.82, 2.24) is 9.88 Å². The van der Waals surface area contributed by atoms with Gasteiger partial charge in [-0.2, -0.15) is 0 Å². The van der Waals surface area contributed by atoms with Gasteiger partial charge in [-0.1, -0.05) is 17.8 Å². The largest absolute Gasteiger partial charge is 0.493 e. The molecule has 0 unspecified atom stereocenters. The highest BCUT2D eigenvalue weighted by Gasteiger charge is 2.14. The number of rotatable bonds is 8. The van der Waals surface area contributed by atoms with E-state index in [1.54, 1.807) is 31.8 Å².